The summed E-state index contributed by atoms with van der Waals surface area (Å²) >= 11 is 0. The summed E-state index contributed by atoms with van der Waals surface area (Å²) in [6, 6.07) is 2.36. The summed E-state index contributed by atoms with van der Waals surface area (Å²) in [6.45, 7) is 6.36. The number of hydrogen-bond acceptors (Lipinski definition) is 2. The van der Waals surface area contributed by atoms with E-state index in [-0.39, 0.29) is 12.0 Å². The Morgan fingerprint density at radius 3 is 2.33 bits per heavy atom. The second kappa shape index (κ2) is 6.02. The zero-order valence-electron chi connectivity index (χ0n) is 8.38. The molecule has 0 spiro atoms. The van der Waals surface area contributed by atoms with Crippen LogP contribution < -0.4 is 5.73 Å². The highest BCUT2D eigenvalue weighted by atomic mass is 14.6. The zero-order valence-corrected chi connectivity index (χ0v) is 8.38. The standard InChI is InChI=1S/C10H20N2/c1-4-5-10(12)9(7-11)6-8(2)3/h8-10H,4-6,12H2,1-3H3. The maximum Gasteiger partial charge on any atom is 0.0672 e. The molecule has 2 N–H and O–H groups in total. The number of nitriles is 1. The summed E-state index contributed by atoms with van der Waals surface area (Å²) in [4.78, 5) is 0. The molecular formula is C10H20N2. The van der Waals surface area contributed by atoms with Crippen LogP contribution in [0.3, 0.4) is 0 Å². The first-order valence-corrected chi connectivity index (χ1v) is 4.77. The van der Waals surface area contributed by atoms with E-state index in [0.29, 0.717) is 5.92 Å². The van der Waals surface area contributed by atoms with Gasteiger partial charge in [-0.1, -0.05) is 27.2 Å². The first kappa shape index (κ1) is 11.4. The van der Waals surface area contributed by atoms with Crippen LogP contribution in [-0.4, -0.2) is 6.04 Å². The minimum absolute atomic E-state index is 0.0462. The lowest BCUT2D eigenvalue weighted by Crippen LogP contribution is -2.29. The Labute approximate surface area is 75.8 Å². The maximum atomic E-state index is 8.84. The molecule has 2 unspecified atom stereocenters. The van der Waals surface area contributed by atoms with Gasteiger partial charge in [0, 0.05) is 6.04 Å². The van der Waals surface area contributed by atoms with Crippen LogP contribution in [0, 0.1) is 23.2 Å². The van der Waals surface area contributed by atoms with Crippen molar-refractivity contribution >= 4 is 0 Å². The Bertz CT molecular complexity index is 146. The number of nitrogens with two attached hydrogens (primary N) is 1. The average Bonchev–Trinajstić information content (AvgIpc) is 2.00. The Hall–Kier alpha value is -0.550. The van der Waals surface area contributed by atoms with Gasteiger partial charge in [-0.15, -0.1) is 0 Å². The van der Waals surface area contributed by atoms with Gasteiger partial charge in [-0.25, -0.2) is 0 Å². The molecule has 0 bridgehead atoms. The monoisotopic (exact) mass is 168 g/mol. The van der Waals surface area contributed by atoms with Gasteiger partial charge in [0.2, 0.25) is 0 Å². The Balaban J connectivity index is 3.89. The molecule has 0 heterocycles. The molecule has 0 aliphatic carbocycles. The van der Waals surface area contributed by atoms with Crippen molar-refractivity contribution in [2.75, 3.05) is 0 Å². The highest BCUT2D eigenvalue weighted by Gasteiger charge is 2.17. The molecule has 0 aromatic carbocycles. The van der Waals surface area contributed by atoms with E-state index in [0.717, 1.165) is 19.3 Å². The van der Waals surface area contributed by atoms with Crippen molar-refractivity contribution in [1.82, 2.24) is 0 Å². The lowest BCUT2D eigenvalue weighted by atomic mass is 9.90. The normalized spacial score (nSPS) is 15.7. The molecular weight excluding hydrogens is 148 g/mol. The highest BCUT2D eigenvalue weighted by molar-refractivity contribution is 4.90. The second-order valence-corrected chi connectivity index (χ2v) is 3.82. The number of hydrogen-bond donors (Lipinski definition) is 1. The SMILES string of the molecule is CCCC(N)C(C#N)CC(C)C. The van der Waals surface area contributed by atoms with Gasteiger partial charge in [0.15, 0.2) is 0 Å². The van der Waals surface area contributed by atoms with Crippen molar-refractivity contribution in [2.24, 2.45) is 17.6 Å². The largest absolute Gasteiger partial charge is 0.327 e. The van der Waals surface area contributed by atoms with Crippen molar-refractivity contribution in [2.45, 2.75) is 46.1 Å². The molecule has 0 saturated carbocycles. The van der Waals surface area contributed by atoms with Gasteiger partial charge in [-0.05, 0) is 18.8 Å². The van der Waals surface area contributed by atoms with Crippen molar-refractivity contribution in [3.8, 4) is 6.07 Å². The average molecular weight is 168 g/mol. The zero-order chi connectivity index (χ0) is 9.56. The topological polar surface area (TPSA) is 49.8 Å². The van der Waals surface area contributed by atoms with Crippen molar-refractivity contribution < 1.29 is 0 Å². The van der Waals surface area contributed by atoms with E-state index in [2.05, 4.69) is 26.8 Å². The van der Waals surface area contributed by atoms with Crippen LogP contribution in [0.2, 0.25) is 0 Å². The van der Waals surface area contributed by atoms with Gasteiger partial charge in [0.1, 0.15) is 0 Å². The van der Waals surface area contributed by atoms with Crippen molar-refractivity contribution in [3.05, 3.63) is 0 Å². The molecule has 2 nitrogen and oxygen atoms in total. The second-order valence-electron chi connectivity index (χ2n) is 3.82. The Kier molecular flexibility index (Phi) is 5.74. The van der Waals surface area contributed by atoms with Crippen molar-refractivity contribution in [3.63, 3.8) is 0 Å². The predicted octanol–water partition coefficient (Wildman–Crippen LogP) is 2.30. The van der Waals surface area contributed by atoms with E-state index < -0.39 is 0 Å². The predicted molar refractivity (Wildman–Crippen MR) is 51.4 cm³/mol. The molecule has 0 aliphatic rings. The smallest absolute Gasteiger partial charge is 0.0672 e. The molecule has 0 radical (unpaired) electrons. The Morgan fingerprint density at radius 2 is 2.00 bits per heavy atom. The van der Waals surface area contributed by atoms with Crippen LogP contribution in [0.4, 0.5) is 0 Å². The highest BCUT2D eigenvalue weighted by Crippen LogP contribution is 2.16. The summed E-state index contributed by atoms with van der Waals surface area (Å²) in [7, 11) is 0. The third-order valence-corrected chi connectivity index (χ3v) is 2.03. The van der Waals surface area contributed by atoms with Gasteiger partial charge in [-0.2, -0.15) is 5.26 Å². The van der Waals surface area contributed by atoms with Crippen molar-refractivity contribution in [1.29, 1.82) is 5.26 Å². The number of nitrogens with zero attached hydrogens (tertiary/aromatic N) is 1. The van der Waals surface area contributed by atoms with E-state index in [1.165, 1.54) is 0 Å². The van der Waals surface area contributed by atoms with Gasteiger partial charge < -0.3 is 5.73 Å². The summed E-state index contributed by atoms with van der Waals surface area (Å²) in [5.41, 5.74) is 5.86. The lowest BCUT2D eigenvalue weighted by Gasteiger charge is -2.18. The van der Waals surface area contributed by atoms with Gasteiger partial charge in [0.25, 0.3) is 0 Å². The first-order valence-electron chi connectivity index (χ1n) is 4.77. The minimum atomic E-state index is 0.0462. The minimum Gasteiger partial charge on any atom is -0.327 e. The molecule has 2 atom stereocenters. The molecule has 12 heavy (non-hydrogen) atoms. The van der Waals surface area contributed by atoms with E-state index in [1.54, 1.807) is 0 Å². The third kappa shape index (κ3) is 4.35. The van der Waals surface area contributed by atoms with E-state index in [9.17, 15) is 0 Å². The molecule has 0 aliphatic heterocycles. The third-order valence-electron chi connectivity index (χ3n) is 2.03. The maximum absolute atomic E-state index is 8.84. The van der Waals surface area contributed by atoms with Gasteiger partial charge in [0.05, 0.1) is 12.0 Å². The van der Waals surface area contributed by atoms with Gasteiger partial charge in [-0.3, -0.25) is 0 Å². The van der Waals surface area contributed by atoms with E-state index >= 15 is 0 Å². The van der Waals surface area contributed by atoms with E-state index in [1.807, 2.05) is 0 Å². The molecule has 0 amide bonds. The van der Waals surface area contributed by atoms with Crippen LogP contribution >= 0.6 is 0 Å². The van der Waals surface area contributed by atoms with Crippen LogP contribution in [0.25, 0.3) is 0 Å². The summed E-state index contributed by atoms with van der Waals surface area (Å²) < 4.78 is 0. The quantitative estimate of drug-likeness (QED) is 0.684. The number of rotatable bonds is 5. The van der Waals surface area contributed by atoms with Crippen LogP contribution in [0.1, 0.15) is 40.0 Å². The summed E-state index contributed by atoms with van der Waals surface area (Å²) in [6.07, 6.45) is 2.96. The fourth-order valence-corrected chi connectivity index (χ4v) is 1.37. The van der Waals surface area contributed by atoms with Crippen LogP contribution in [0.5, 0.6) is 0 Å². The van der Waals surface area contributed by atoms with E-state index in [4.69, 9.17) is 11.0 Å². The fourth-order valence-electron chi connectivity index (χ4n) is 1.37. The molecule has 0 fully saturated rings. The summed E-state index contributed by atoms with van der Waals surface area (Å²) in [5.74, 6) is 0.613. The van der Waals surface area contributed by atoms with Gasteiger partial charge >= 0.3 is 0 Å². The summed E-state index contributed by atoms with van der Waals surface area (Å²) in [5, 5.41) is 8.84. The first-order chi connectivity index (χ1) is 5.61. The van der Waals surface area contributed by atoms with Crippen LogP contribution in [0.15, 0.2) is 0 Å². The molecule has 70 valence electrons. The fraction of sp³-hybridized carbons (Fsp3) is 0.900. The molecule has 0 saturated heterocycles. The molecule has 0 rings (SSSR count). The lowest BCUT2D eigenvalue weighted by molar-refractivity contribution is 0.398. The van der Waals surface area contributed by atoms with Crippen LogP contribution in [-0.2, 0) is 0 Å². The molecule has 0 aromatic rings. The molecule has 0 aromatic heterocycles. The molecule has 2 heteroatoms. The Morgan fingerprint density at radius 1 is 1.42 bits per heavy atom.